The molecule has 0 spiro atoms. The Bertz CT molecular complexity index is 482. The van der Waals surface area contributed by atoms with E-state index >= 15 is 0 Å². The maximum Gasteiger partial charge on any atom is 0.354 e. The van der Waals surface area contributed by atoms with Crippen molar-refractivity contribution in [3.05, 3.63) is 28.6 Å². The van der Waals surface area contributed by atoms with E-state index in [1.54, 1.807) is 24.7 Å². The van der Waals surface area contributed by atoms with Gasteiger partial charge < -0.3 is 0 Å². The Kier molecular flexibility index (Phi) is 1.27. The van der Waals surface area contributed by atoms with Crippen LogP contribution in [0.4, 0.5) is 0 Å². The number of aryl methyl sites for hydroxylation is 2. The fraction of sp³-hybridized carbons (Fsp3) is 0.286. The second-order valence-electron chi connectivity index (χ2n) is 2.59. The number of nitrogens with zero attached hydrogens (tertiary/aromatic N) is 4. The van der Waals surface area contributed by atoms with Gasteiger partial charge in [-0.2, -0.15) is 5.10 Å². The van der Waals surface area contributed by atoms with E-state index in [4.69, 9.17) is 0 Å². The number of aromatic nitrogens is 4. The molecule has 62 valence electrons. The average molecular weight is 164 g/mol. The molecule has 0 aliphatic rings. The summed E-state index contributed by atoms with van der Waals surface area (Å²) in [7, 11) is 1.79. The molecule has 0 aromatic carbocycles. The molecule has 0 unspecified atom stereocenters. The van der Waals surface area contributed by atoms with Gasteiger partial charge in [0.1, 0.15) is 11.5 Å². The summed E-state index contributed by atoms with van der Waals surface area (Å²) >= 11 is 0. The van der Waals surface area contributed by atoms with Gasteiger partial charge in [-0.05, 0) is 13.0 Å². The summed E-state index contributed by atoms with van der Waals surface area (Å²) in [5.74, 6) is 0.658. The van der Waals surface area contributed by atoms with E-state index in [0.717, 1.165) is 5.65 Å². The zero-order chi connectivity index (χ0) is 8.72. The highest BCUT2D eigenvalue weighted by molar-refractivity contribution is 5.36. The van der Waals surface area contributed by atoms with Gasteiger partial charge in [0, 0.05) is 13.2 Å². The first-order chi connectivity index (χ1) is 5.70. The van der Waals surface area contributed by atoms with Crippen molar-refractivity contribution in [3.63, 3.8) is 0 Å². The summed E-state index contributed by atoms with van der Waals surface area (Å²) in [6.45, 7) is 1.77. The zero-order valence-corrected chi connectivity index (χ0v) is 6.85. The van der Waals surface area contributed by atoms with Gasteiger partial charge in [0.15, 0.2) is 0 Å². The Morgan fingerprint density at radius 3 is 2.92 bits per heavy atom. The van der Waals surface area contributed by atoms with Gasteiger partial charge in [-0.3, -0.25) is 4.68 Å². The minimum atomic E-state index is -0.280. The molecule has 5 heteroatoms. The fourth-order valence-corrected chi connectivity index (χ4v) is 1.27. The van der Waals surface area contributed by atoms with Crippen molar-refractivity contribution in [3.8, 4) is 0 Å². The van der Waals surface area contributed by atoms with Crippen LogP contribution in [0.2, 0.25) is 0 Å². The molecule has 0 radical (unpaired) electrons. The summed E-state index contributed by atoms with van der Waals surface area (Å²) < 4.78 is 3.12. The van der Waals surface area contributed by atoms with Gasteiger partial charge in [0.05, 0.1) is 0 Å². The van der Waals surface area contributed by atoms with Crippen molar-refractivity contribution in [1.29, 1.82) is 0 Å². The number of rotatable bonds is 0. The molecule has 0 atom stereocenters. The largest absolute Gasteiger partial charge is 0.354 e. The smallest absolute Gasteiger partial charge is 0.250 e. The van der Waals surface area contributed by atoms with E-state index < -0.39 is 0 Å². The van der Waals surface area contributed by atoms with E-state index in [9.17, 15) is 4.79 Å². The lowest BCUT2D eigenvalue weighted by Gasteiger charge is -1.91. The second-order valence-corrected chi connectivity index (χ2v) is 2.59. The van der Waals surface area contributed by atoms with E-state index in [1.165, 1.54) is 10.6 Å². The minimum absolute atomic E-state index is 0.280. The molecule has 2 rings (SSSR count). The van der Waals surface area contributed by atoms with Crippen molar-refractivity contribution < 1.29 is 0 Å². The highest BCUT2D eigenvalue weighted by Gasteiger charge is 2.04. The summed E-state index contributed by atoms with van der Waals surface area (Å²) in [6.07, 6.45) is 1.48. The highest BCUT2D eigenvalue weighted by Crippen LogP contribution is 1.98. The van der Waals surface area contributed by atoms with E-state index in [0.29, 0.717) is 5.82 Å². The number of hydrogen-bond acceptors (Lipinski definition) is 3. The summed E-state index contributed by atoms with van der Waals surface area (Å²) in [5.41, 5.74) is 0.477. The molecule has 0 aliphatic carbocycles. The molecule has 12 heavy (non-hydrogen) atoms. The predicted molar refractivity (Wildman–Crippen MR) is 43.0 cm³/mol. The molecule has 0 fully saturated rings. The Morgan fingerprint density at radius 1 is 1.50 bits per heavy atom. The van der Waals surface area contributed by atoms with Gasteiger partial charge in [0.25, 0.3) is 0 Å². The molecule has 0 aliphatic heterocycles. The van der Waals surface area contributed by atoms with Crippen molar-refractivity contribution in [2.24, 2.45) is 7.05 Å². The van der Waals surface area contributed by atoms with Gasteiger partial charge in [-0.15, -0.1) is 0 Å². The van der Waals surface area contributed by atoms with Gasteiger partial charge >= 0.3 is 5.69 Å². The van der Waals surface area contributed by atoms with Crippen LogP contribution in [0, 0.1) is 6.92 Å². The van der Waals surface area contributed by atoms with Crippen LogP contribution < -0.4 is 5.69 Å². The molecular weight excluding hydrogens is 156 g/mol. The molecule has 0 bridgehead atoms. The standard InChI is InChI=1S/C7H8N4O/c1-5-9-10(2)6-3-4-8-7(12)11(5)6/h3-4H,1-2H3. The molecule has 5 nitrogen and oxygen atoms in total. The van der Waals surface area contributed by atoms with Crippen LogP contribution in [0.5, 0.6) is 0 Å². The lowest BCUT2D eigenvalue weighted by Crippen LogP contribution is -2.16. The van der Waals surface area contributed by atoms with Crippen LogP contribution in [-0.2, 0) is 7.05 Å². The zero-order valence-electron chi connectivity index (χ0n) is 6.85. The molecular formula is C7H8N4O. The minimum Gasteiger partial charge on any atom is -0.250 e. The van der Waals surface area contributed by atoms with Crippen molar-refractivity contribution in [1.82, 2.24) is 19.2 Å². The first-order valence-corrected chi connectivity index (χ1v) is 3.57. The maximum absolute atomic E-state index is 11.2. The summed E-state index contributed by atoms with van der Waals surface area (Å²) in [5, 5.41) is 4.09. The van der Waals surface area contributed by atoms with E-state index in [2.05, 4.69) is 10.1 Å². The summed E-state index contributed by atoms with van der Waals surface area (Å²) in [4.78, 5) is 14.8. The number of fused-ring (bicyclic) bond motifs is 1. The number of hydrogen-bond donors (Lipinski definition) is 0. The van der Waals surface area contributed by atoms with E-state index in [-0.39, 0.29) is 5.69 Å². The van der Waals surface area contributed by atoms with Crippen molar-refractivity contribution >= 4 is 5.65 Å². The Hall–Kier alpha value is -1.65. The van der Waals surface area contributed by atoms with Crippen LogP contribution in [0.25, 0.3) is 5.65 Å². The Morgan fingerprint density at radius 2 is 2.25 bits per heavy atom. The molecule has 2 aromatic heterocycles. The first-order valence-electron chi connectivity index (χ1n) is 3.57. The van der Waals surface area contributed by atoms with E-state index in [1.807, 2.05) is 0 Å². The van der Waals surface area contributed by atoms with Crippen molar-refractivity contribution in [2.45, 2.75) is 6.92 Å². The molecule has 2 heterocycles. The van der Waals surface area contributed by atoms with Crippen LogP contribution >= 0.6 is 0 Å². The maximum atomic E-state index is 11.2. The third kappa shape index (κ3) is 0.761. The summed E-state index contributed by atoms with van der Waals surface area (Å²) in [6, 6.07) is 1.75. The second kappa shape index (κ2) is 2.17. The van der Waals surface area contributed by atoms with Gasteiger partial charge in [0.2, 0.25) is 0 Å². The quantitative estimate of drug-likeness (QED) is 0.539. The molecule has 0 saturated heterocycles. The monoisotopic (exact) mass is 164 g/mol. The lowest BCUT2D eigenvalue weighted by atomic mass is 10.6. The van der Waals surface area contributed by atoms with Gasteiger partial charge in [-0.25, -0.2) is 14.2 Å². The van der Waals surface area contributed by atoms with Crippen LogP contribution in [0.3, 0.4) is 0 Å². The third-order valence-corrected chi connectivity index (χ3v) is 1.78. The topological polar surface area (TPSA) is 52.2 Å². The van der Waals surface area contributed by atoms with Crippen LogP contribution in [-0.4, -0.2) is 19.2 Å². The third-order valence-electron chi connectivity index (χ3n) is 1.78. The fourth-order valence-electron chi connectivity index (χ4n) is 1.27. The normalized spacial score (nSPS) is 10.8. The average Bonchev–Trinajstić information content (AvgIpc) is 2.29. The lowest BCUT2D eigenvalue weighted by molar-refractivity contribution is 0.783. The molecule has 0 amide bonds. The Labute approximate surface area is 68.3 Å². The van der Waals surface area contributed by atoms with Crippen LogP contribution in [0.1, 0.15) is 5.82 Å². The van der Waals surface area contributed by atoms with Crippen LogP contribution in [0.15, 0.2) is 17.1 Å². The van der Waals surface area contributed by atoms with Crippen molar-refractivity contribution in [2.75, 3.05) is 0 Å². The van der Waals surface area contributed by atoms with Gasteiger partial charge in [-0.1, -0.05) is 0 Å². The molecule has 0 saturated carbocycles. The molecule has 0 N–H and O–H groups in total. The first kappa shape index (κ1) is 7.02. The highest BCUT2D eigenvalue weighted by atomic mass is 16.1. The SMILES string of the molecule is Cc1nn(C)c2ccnc(=O)n12. The predicted octanol–water partition coefficient (Wildman–Crippen LogP) is -0.264. The molecule has 2 aromatic rings. The Balaban J connectivity index is 3.09.